The number of aromatic nitrogens is 1. The minimum Gasteiger partial charge on any atom is -0.338 e. The third kappa shape index (κ3) is 3.85. The summed E-state index contributed by atoms with van der Waals surface area (Å²) in [5.41, 5.74) is 2.53. The van der Waals surface area contributed by atoms with Crippen LogP contribution >= 0.6 is 0 Å². The molecule has 5 heteroatoms. The Hall–Kier alpha value is -2.69. The molecule has 0 bridgehead atoms. The van der Waals surface area contributed by atoms with Gasteiger partial charge in [0.25, 0.3) is 11.5 Å². The van der Waals surface area contributed by atoms with Gasteiger partial charge in [-0.1, -0.05) is 44.4 Å². The zero-order valence-electron chi connectivity index (χ0n) is 18.2. The van der Waals surface area contributed by atoms with Crippen molar-refractivity contribution in [1.29, 1.82) is 0 Å². The number of carbonyl (C=O) groups excluding carboxylic acids is 2. The van der Waals surface area contributed by atoms with E-state index in [4.69, 9.17) is 0 Å². The van der Waals surface area contributed by atoms with Crippen LogP contribution < -0.4 is 5.56 Å². The van der Waals surface area contributed by atoms with Gasteiger partial charge in [-0.15, -0.1) is 0 Å². The summed E-state index contributed by atoms with van der Waals surface area (Å²) in [6.45, 7) is 7.38. The zero-order valence-corrected chi connectivity index (χ0v) is 18.2. The normalized spacial score (nSPS) is 18.6. The molecular formula is C25H30N2O3. The lowest BCUT2D eigenvalue weighted by Gasteiger charge is -2.32. The first-order valence-corrected chi connectivity index (χ1v) is 10.9. The number of nitrogens with zero attached hydrogens (tertiary/aromatic N) is 2. The fraction of sp³-hybridized carbons (Fsp3) is 0.480. The van der Waals surface area contributed by atoms with Crippen molar-refractivity contribution in [1.82, 2.24) is 9.47 Å². The molecule has 1 amide bonds. The van der Waals surface area contributed by atoms with E-state index in [0.29, 0.717) is 42.7 Å². The predicted octanol–water partition coefficient (Wildman–Crippen LogP) is 4.32. The average molecular weight is 407 g/mol. The van der Waals surface area contributed by atoms with E-state index in [0.717, 1.165) is 31.2 Å². The van der Waals surface area contributed by atoms with E-state index in [-0.39, 0.29) is 28.2 Å². The standard InChI is InChI=1S/C25H30N2O3/c1-17-8-10-18(11-9-17)27-16-20-19(14-25(2,3)15-21(20)28)22(24(27)30)23(29)26-12-6-4-5-7-13-26/h8-11,16H,4-7,12-15H2,1-3H3. The van der Waals surface area contributed by atoms with E-state index < -0.39 is 0 Å². The smallest absolute Gasteiger partial charge is 0.268 e. The van der Waals surface area contributed by atoms with Crippen molar-refractivity contribution in [3.05, 3.63) is 63.1 Å². The van der Waals surface area contributed by atoms with E-state index in [2.05, 4.69) is 0 Å². The molecular weight excluding hydrogens is 376 g/mol. The van der Waals surface area contributed by atoms with E-state index in [1.165, 1.54) is 4.57 Å². The van der Waals surface area contributed by atoms with Gasteiger partial charge in [-0.3, -0.25) is 19.0 Å². The van der Waals surface area contributed by atoms with Crippen molar-refractivity contribution in [2.45, 2.75) is 59.3 Å². The molecule has 1 aliphatic heterocycles. The number of likely N-dealkylation sites (tertiary alicyclic amines) is 1. The molecule has 0 atom stereocenters. The molecule has 1 aromatic carbocycles. The Morgan fingerprint density at radius 1 is 0.933 bits per heavy atom. The summed E-state index contributed by atoms with van der Waals surface area (Å²) in [5, 5.41) is 0. The van der Waals surface area contributed by atoms with Crippen LogP contribution in [0, 0.1) is 12.3 Å². The second-order valence-corrected chi connectivity index (χ2v) is 9.55. The number of pyridine rings is 1. The second kappa shape index (κ2) is 7.86. The summed E-state index contributed by atoms with van der Waals surface area (Å²) in [6.07, 6.45) is 6.76. The average Bonchev–Trinajstić information content (AvgIpc) is 2.97. The quantitative estimate of drug-likeness (QED) is 0.746. The highest BCUT2D eigenvalue weighted by Crippen LogP contribution is 2.36. The molecule has 0 radical (unpaired) electrons. The maximum atomic E-state index is 13.6. The van der Waals surface area contributed by atoms with Gasteiger partial charge >= 0.3 is 0 Å². The van der Waals surface area contributed by atoms with E-state index in [1.54, 1.807) is 6.20 Å². The number of benzene rings is 1. The highest BCUT2D eigenvalue weighted by Gasteiger charge is 2.37. The lowest BCUT2D eigenvalue weighted by Crippen LogP contribution is -2.41. The minimum absolute atomic E-state index is 0.00651. The van der Waals surface area contributed by atoms with E-state index in [1.807, 2.05) is 49.9 Å². The fourth-order valence-corrected chi connectivity index (χ4v) is 4.69. The summed E-state index contributed by atoms with van der Waals surface area (Å²) in [4.78, 5) is 42.1. The Morgan fingerprint density at radius 3 is 2.20 bits per heavy atom. The fourth-order valence-electron chi connectivity index (χ4n) is 4.69. The van der Waals surface area contributed by atoms with Gasteiger partial charge < -0.3 is 4.90 Å². The Balaban J connectivity index is 1.92. The Morgan fingerprint density at radius 2 is 1.57 bits per heavy atom. The van der Waals surface area contributed by atoms with Gasteiger partial charge in [0.15, 0.2) is 5.78 Å². The predicted molar refractivity (Wildman–Crippen MR) is 118 cm³/mol. The van der Waals surface area contributed by atoms with Gasteiger partial charge in [0.05, 0.1) is 0 Å². The highest BCUT2D eigenvalue weighted by molar-refractivity contribution is 6.04. The molecule has 2 heterocycles. The van der Waals surface area contributed by atoms with Crippen LogP contribution in [0.3, 0.4) is 0 Å². The molecule has 1 saturated heterocycles. The first-order chi connectivity index (χ1) is 14.3. The third-order valence-electron chi connectivity index (χ3n) is 6.33. The molecule has 0 N–H and O–H groups in total. The number of hydrogen-bond acceptors (Lipinski definition) is 3. The molecule has 0 spiro atoms. The van der Waals surface area contributed by atoms with Crippen molar-refractivity contribution in [2.24, 2.45) is 5.41 Å². The lowest BCUT2D eigenvalue weighted by molar-refractivity contribution is 0.0757. The number of hydrogen-bond donors (Lipinski definition) is 0. The molecule has 4 rings (SSSR count). The largest absolute Gasteiger partial charge is 0.338 e. The first-order valence-electron chi connectivity index (χ1n) is 10.9. The van der Waals surface area contributed by atoms with Crippen LogP contribution in [0.2, 0.25) is 0 Å². The number of carbonyl (C=O) groups is 2. The van der Waals surface area contributed by atoms with Crippen LogP contribution in [0.4, 0.5) is 0 Å². The van der Waals surface area contributed by atoms with Crippen LogP contribution in [0.25, 0.3) is 5.69 Å². The molecule has 2 aromatic rings. The van der Waals surface area contributed by atoms with Gasteiger partial charge in [-0.25, -0.2) is 0 Å². The molecule has 1 aliphatic carbocycles. The lowest BCUT2D eigenvalue weighted by atomic mass is 9.73. The Bertz CT molecular complexity index is 1040. The van der Waals surface area contributed by atoms with E-state index >= 15 is 0 Å². The Labute approximate surface area is 177 Å². The summed E-state index contributed by atoms with van der Waals surface area (Å²) in [5.74, 6) is -0.211. The van der Waals surface area contributed by atoms with Crippen LogP contribution in [0.5, 0.6) is 0 Å². The molecule has 0 saturated carbocycles. The molecule has 158 valence electrons. The zero-order chi connectivity index (χ0) is 21.5. The van der Waals surface area contributed by atoms with Gasteiger partial charge in [0.1, 0.15) is 5.56 Å². The van der Waals surface area contributed by atoms with Crippen molar-refractivity contribution in [3.8, 4) is 5.69 Å². The maximum Gasteiger partial charge on any atom is 0.268 e. The summed E-state index contributed by atoms with van der Waals surface area (Å²) in [7, 11) is 0. The molecule has 30 heavy (non-hydrogen) atoms. The summed E-state index contributed by atoms with van der Waals surface area (Å²) in [6, 6.07) is 7.59. The number of ketones is 1. The van der Waals surface area contributed by atoms with Crippen molar-refractivity contribution in [3.63, 3.8) is 0 Å². The third-order valence-corrected chi connectivity index (χ3v) is 6.33. The van der Waals surface area contributed by atoms with Gasteiger partial charge in [-0.05, 0) is 49.3 Å². The monoisotopic (exact) mass is 406 g/mol. The Kier molecular flexibility index (Phi) is 5.39. The maximum absolute atomic E-state index is 13.6. The van der Waals surface area contributed by atoms with Gasteiger partial charge in [0.2, 0.25) is 0 Å². The van der Waals surface area contributed by atoms with E-state index in [9.17, 15) is 14.4 Å². The second-order valence-electron chi connectivity index (χ2n) is 9.55. The molecule has 1 aromatic heterocycles. The minimum atomic E-state index is -0.322. The first kappa shape index (κ1) is 20.6. The van der Waals surface area contributed by atoms with Gasteiger partial charge in [-0.2, -0.15) is 0 Å². The van der Waals surface area contributed by atoms with Crippen molar-refractivity contribution >= 4 is 11.7 Å². The van der Waals surface area contributed by atoms with Crippen LogP contribution in [0.15, 0.2) is 35.3 Å². The molecule has 5 nitrogen and oxygen atoms in total. The number of fused-ring (bicyclic) bond motifs is 1. The number of amides is 1. The summed E-state index contributed by atoms with van der Waals surface area (Å²) < 4.78 is 1.49. The summed E-state index contributed by atoms with van der Waals surface area (Å²) >= 11 is 0. The van der Waals surface area contributed by atoms with Crippen molar-refractivity contribution in [2.75, 3.05) is 13.1 Å². The van der Waals surface area contributed by atoms with Crippen molar-refractivity contribution < 1.29 is 9.59 Å². The SMILES string of the molecule is Cc1ccc(-n2cc3c(c(C(=O)N4CCCCCC4)c2=O)CC(C)(C)CC3=O)cc1. The topological polar surface area (TPSA) is 59.4 Å². The van der Waals surface area contributed by atoms with Gasteiger partial charge in [0, 0.05) is 37.0 Å². The number of aryl methyl sites for hydroxylation is 1. The number of rotatable bonds is 2. The molecule has 1 fully saturated rings. The van der Waals surface area contributed by atoms with Crippen LogP contribution in [-0.4, -0.2) is 34.2 Å². The van der Waals surface area contributed by atoms with Crippen LogP contribution in [0.1, 0.15) is 77.8 Å². The highest BCUT2D eigenvalue weighted by atomic mass is 16.2. The molecule has 0 unspecified atom stereocenters. The molecule has 2 aliphatic rings. The van der Waals surface area contributed by atoms with Crippen LogP contribution in [-0.2, 0) is 6.42 Å². The number of Topliss-reactive ketones (excluding diaryl/α,β-unsaturated/α-hetero) is 1.